The van der Waals surface area contributed by atoms with Crippen LogP contribution in [0.5, 0.6) is 0 Å². The normalized spacial score (nSPS) is 16.3. The number of aromatic amines is 1. The van der Waals surface area contributed by atoms with Crippen LogP contribution in [-0.2, 0) is 15.6 Å². The molecule has 0 fully saturated rings. The maximum absolute atomic E-state index is 14.6. The number of H-pyrrole nitrogens is 1. The molecular weight excluding hydrogens is 410 g/mol. The number of rotatable bonds is 5. The Labute approximate surface area is 174 Å². The molecule has 9 nitrogen and oxygen atoms in total. The van der Waals surface area contributed by atoms with Crippen molar-refractivity contribution >= 4 is 26.1 Å². The standard InChI is InChI=1S/C14H14FN3O6P2.Na/c15-14(25(19,20)21,26(22,23)24)5-9-4-10(7-16-6-9)11-2-1-3-13-12(11)8-17-18-13;/h1-4,6-8H,5H2,(H,17,18)(H2,19,20,21)(H2,22,23,24);/q;+1/p-1. The van der Waals surface area contributed by atoms with Gasteiger partial charge in [-0.15, -0.1) is 0 Å². The van der Waals surface area contributed by atoms with E-state index in [-0.39, 0.29) is 35.1 Å². The molecule has 0 aliphatic carbocycles. The van der Waals surface area contributed by atoms with E-state index in [0.29, 0.717) is 11.1 Å². The van der Waals surface area contributed by atoms with Crippen molar-refractivity contribution in [2.45, 2.75) is 11.6 Å². The van der Waals surface area contributed by atoms with Gasteiger partial charge < -0.3 is 24.1 Å². The van der Waals surface area contributed by atoms with Crippen LogP contribution < -0.4 is 34.5 Å². The molecule has 0 saturated heterocycles. The van der Waals surface area contributed by atoms with Crippen molar-refractivity contribution in [3.8, 4) is 11.1 Å². The van der Waals surface area contributed by atoms with Crippen molar-refractivity contribution in [2.24, 2.45) is 0 Å². The number of hydrogen-bond acceptors (Lipinski definition) is 5. The van der Waals surface area contributed by atoms with Gasteiger partial charge in [-0.1, -0.05) is 12.1 Å². The Morgan fingerprint density at radius 3 is 2.52 bits per heavy atom. The van der Waals surface area contributed by atoms with Crippen LogP contribution in [0.4, 0.5) is 4.39 Å². The van der Waals surface area contributed by atoms with E-state index < -0.39 is 26.8 Å². The predicted octanol–water partition coefficient (Wildman–Crippen LogP) is -1.48. The molecule has 0 amide bonds. The van der Waals surface area contributed by atoms with Gasteiger partial charge in [0, 0.05) is 29.8 Å². The van der Waals surface area contributed by atoms with E-state index in [1.54, 1.807) is 24.4 Å². The average Bonchev–Trinajstić information content (AvgIpc) is 3.01. The van der Waals surface area contributed by atoms with Crippen LogP contribution in [0, 0.1) is 0 Å². The molecule has 0 bridgehead atoms. The van der Waals surface area contributed by atoms with E-state index in [1.165, 1.54) is 12.3 Å². The molecule has 0 spiro atoms. The van der Waals surface area contributed by atoms with Gasteiger partial charge in [-0.25, -0.2) is 4.39 Å². The average molecular weight is 423 g/mol. The fourth-order valence-corrected chi connectivity index (χ4v) is 4.67. The van der Waals surface area contributed by atoms with E-state index in [4.69, 9.17) is 14.7 Å². The summed E-state index contributed by atoms with van der Waals surface area (Å²) in [6.07, 6.45) is 2.81. The summed E-state index contributed by atoms with van der Waals surface area (Å²) in [4.78, 5) is 42.4. The molecule has 0 saturated carbocycles. The molecule has 27 heavy (non-hydrogen) atoms. The largest absolute Gasteiger partial charge is 1.00 e. The second-order valence-electron chi connectivity index (χ2n) is 5.68. The fraction of sp³-hybridized carbons (Fsp3) is 0.143. The van der Waals surface area contributed by atoms with Crippen LogP contribution in [0.1, 0.15) is 5.56 Å². The third-order valence-electron chi connectivity index (χ3n) is 3.90. The third kappa shape index (κ3) is 4.24. The number of benzene rings is 1. The van der Waals surface area contributed by atoms with Crippen molar-refractivity contribution in [3.63, 3.8) is 0 Å². The summed E-state index contributed by atoms with van der Waals surface area (Å²) in [5.74, 6) is 0. The zero-order chi connectivity index (χ0) is 19.2. The Bertz CT molecular complexity index is 1040. The molecule has 0 aliphatic heterocycles. The molecule has 2 unspecified atom stereocenters. The minimum atomic E-state index is -6.01. The van der Waals surface area contributed by atoms with Crippen LogP contribution >= 0.6 is 15.2 Å². The van der Waals surface area contributed by atoms with E-state index in [2.05, 4.69) is 15.2 Å². The summed E-state index contributed by atoms with van der Waals surface area (Å²) in [5, 5.41) is 3.28. The molecule has 4 N–H and O–H groups in total. The monoisotopic (exact) mass is 423 g/mol. The molecule has 3 rings (SSSR count). The number of fused-ring (bicyclic) bond motifs is 1. The SMILES string of the molecule is O=P([O-])(O)C(F)(Cc1cncc(-c2cccc3[nH]ncc23)c1)P(=O)(O)O.[Na+]. The number of pyridine rings is 1. The number of nitrogens with zero attached hydrogens (tertiary/aromatic N) is 2. The van der Waals surface area contributed by atoms with E-state index in [1.807, 2.05) is 0 Å². The van der Waals surface area contributed by atoms with Gasteiger partial charge in [0.05, 0.1) is 11.7 Å². The fourth-order valence-electron chi connectivity index (χ4n) is 2.58. The minimum absolute atomic E-state index is 0. The topological polar surface area (TPSA) is 159 Å². The first-order valence-corrected chi connectivity index (χ1v) is 10.4. The van der Waals surface area contributed by atoms with Gasteiger partial charge >= 0.3 is 37.2 Å². The van der Waals surface area contributed by atoms with Crippen molar-refractivity contribution < 1.29 is 62.7 Å². The van der Waals surface area contributed by atoms with Gasteiger partial charge in [0.1, 0.15) is 0 Å². The first-order chi connectivity index (χ1) is 12.0. The third-order valence-corrected chi connectivity index (χ3v) is 7.51. The van der Waals surface area contributed by atoms with Gasteiger partial charge in [-0.3, -0.25) is 14.6 Å². The molecule has 2 atom stereocenters. The Kier molecular flexibility index (Phi) is 6.48. The summed E-state index contributed by atoms with van der Waals surface area (Å²) >= 11 is 0. The summed E-state index contributed by atoms with van der Waals surface area (Å²) in [5.41, 5.74) is 1.73. The first-order valence-electron chi connectivity index (χ1n) is 7.18. The van der Waals surface area contributed by atoms with Crippen LogP contribution in [-0.4, -0.2) is 35.0 Å². The molecular formula is C14H13FN3NaO6P2. The van der Waals surface area contributed by atoms with Crippen molar-refractivity contribution in [2.75, 3.05) is 0 Å². The molecule has 0 aliphatic rings. The summed E-state index contributed by atoms with van der Waals surface area (Å²) < 4.78 is 37.2. The molecule has 13 heteroatoms. The maximum atomic E-state index is 14.6. The van der Waals surface area contributed by atoms with Crippen LogP contribution in [0.15, 0.2) is 42.9 Å². The summed E-state index contributed by atoms with van der Waals surface area (Å²) in [6, 6.07) is 6.59. The second kappa shape index (κ2) is 7.83. The maximum Gasteiger partial charge on any atom is 1.00 e. The smallest absolute Gasteiger partial charge is 0.776 e. The minimum Gasteiger partial charge on any atom is -0.776 e. The molecule has 2 heterocycles. The summed E-state index contributed by atoms with van der Waals surface area (Å²) in [7, 11) is -11.8. The molecule has 0 radical (unpaired) electrons. The number of halogens is 1. The van der Waals surface area contributed by atoms with Crippen LogP contribution in [0.25, 0.3) is 22.0 Å². The Morgan fingerprint density at radius 1 is 1.19 bits per heavy atom. The van der Waals surface area contributed by atoms with Gasteiger partial charge in [-0.2, -0.15) is 5.10 Å². The number of hydrogen-bond donors (Lipinski definition) is 4. The Hall–Kier alpha value is -0.930. The van der Waals surface area contributed by atoms with E-state index in [0.717, 1.165) is 17.1 Å². The number of aromatic nitrogens is 3. The van der Waals surface area contributed by atoms with Crippen LogP contribution in [0.2, 0.25) is 0 Å². The zero-order valence-corrected chi connectivity index (χ0v) is 17.8. The Morgan fingerprint density at radius 2 is 1.89 bits per heavy atom. The number of alkyl halides is 1. The van der Waals surface area contributed by atoms with Gasteiger partial charge in [0.25, 0.3) is 5.15 Å². The Balaban J connectivity index is 0.00000261. The quantitative estimate of drug-likeness (QED) is 0.286. The number of nitrogens with one attached hydrogen (secondary N) is 1. The molecule has 1 aromatic carbocycles. The first kappa shape index (κ1) is 22.4. The molecule has 2 aromatic heterocycles. The van der Waals surface area contributed by atoms with Crippen LogP contribution in [0.3, 0.4) is 0 Å². The van der Waals surface area contributed by atoms with Gasteiger partial charge in [-0.05, 0) is 23.3 Å². The van der Waals surface area contributed by atoms with Gasteiger partial charge in [0.2, 0.25) is 0 Å². The van der Waals surface area contributed by atoms with Crippen molar-refractivity contribution in [3.05, 3.63) is 48.4 Å². The van der Waals surface area contributed by atoms with E-state index >= 15 is 0 Å². The summed E-state index contributed by atoms with van der Waals surface area (Å²) in [6.45, 7) is 0. The molecule has 3 aromatic rings. The van der Waals surface area contributed by atoms with Crippen molar-refractivity contribution in [1.29, 1.82) is 0 Å². The van der Waals surface area contributed by atoms with Gasteiger partial charge in [0.15, 0.2) is 7.60 Å². The predicted molar refractivity (Wildman–Crippen MR) is 88.7 cm³/mol. The van der Waals surface area contributed by atoms with Crippen molar-refractivity contribution in [1.82, 2.24) is 15.2 Å². The van der Waals surface area contributed by atoms with E-state index in [9.17, 15) is 18.4 Å². The zero-order valence-electron chi connectivity index (χ0n) is 14.0. The second-order valence-corrected chi connectivity index (χ2v) is 9.58. The molecule has 138 valence electrons.